The van der Waals surface area contributed by atoms with Gasteiger partial charge in [-0.05, 0) is 24.7 Å². The molecule has 7 heteroatoms. The van der Waals surface area contributed by atoms with E-state index >= 15 is 0 Å². The van der Waals surface area contributed by atoms with E-state index in [9.17, 15) is 4.79 Å². The van der Waals surface area contributed by atoms with Crippen LogP contribution in [0.4, 0.5) is 5.82 Å². The third-order valence-corrected chi connectivity index (χ3v) is 4.26. The van der Waals surface area contributed by atoms with Crippen LogP contribution in [0, 0.1) is 0 Å². The second-order valence-electron chi connectivity index (χ2n) is 5.26. The predicted molar refractivity (Wildman–Crippen MR) is 95.9 cm³/mol. The minimum atomic E-state index is -0.343. The van der Waals surface area contributed by atoms with Crippen molar-refractivity contribution in [2.75, 3.05) is 25.4 Å². The maximum Gasteiger partial charge on any atom is 0.273 e. The van der Waals surface area contributed by atoms with Crippen molar-refractivity contribution in [3.63, 3.8) is 0 Å². The Labute approximate surface area is 147 Å². The summed E-state index contributed by atoms with van der Waals surface area (Å²) >= 11 is 6.35. The molecule has 6 nitrogen and oxygen atoms in total. The number of likely N-dealkylation sites (N-methyl/N-ethyl adjacent to an activating group) is 1. The number of carbonyl (C=O) groups excluding carboxylic acids is 1. The first-order chi connectivity index (χ1) is 11.6. The third kappa shape index (κ3) is 4.21. The van der Waals surface area contributed by atoms with Gasteiger partial charge < -0.3 is 11.1 Å². The summed E-state index contributed by atoms with van der Waals surface area (Å²) in [7, 11) is 0. The topological polar surface area (TPSA) is 84.1 Å². The summed E-state index contributed by atoms with van der Waals surface area (Å²) < 4.78 is 0. The molecular weight excluding hydrogens is 326 g/mol. The van der Waals surface area contributed by atoms with Crippen LogP contribution in [0.3, 0.4) is 0 Å². The first-order valence-corrected chi connectivity index (χ1v) is 8.29. The number of amides is 1. The molecule has 1 unspecified atom stereocenters. The van der Waals surface area contributed by atoms with Gasteiger partial charge in [0.1, 0.15) is 0 Å². The van der Waals surface area contributed by atoms with Gasteiger partial charge in [0.05, 0.1) is 6.04 Å². The number of hydrogen-bond donors (Lipinski definition) is 2. The van der Waals surface area contributed by atoms with Gasteiger partial charge in [0.15, 0.2) is 11.5 Å². The molecule has 1 amide bonds. The monoisotopic (exact) mass is 347 g/mol. The van der Waals surface area contributed by atoms with Gasteiger partial charge in [0.2, 0.25) is 0 Å². The number of anilines is 1. The number of nitrogen functional groups attached to an aromatic ring is 1. The number of hydrogen-bond acceptors (Lipinski definition) is 5. The number of aromatic nitrogens is 2. The zero-order valence-electron chi connectivity index (χ0n) is 13.9. The summed E-state index contributed by atoms with van der Waals surface area (Å²) in [5.41, 5.74) is 6.83. The quantitative estimate of drug-likeness (QED) is 0.804. The smallest absolute Gasteiger partial charge is 0.273 e. The minimum Gasteiger partial charge on any atom is -0.382 e. The normalized spacial score (nSPS) is 12.2. The van der Waals surface area contributed by atoms with Gasteiger partial charge in [-0.25, -0.2) is 9.97 Å². The first kappa shape index (κ1) is 18.2. The van der Waals surface area contributed by atoms with Crippen LogP contribution in [0.1, 0.15) is 35.9 Å². The fourth-order valence-corrected chi connectivity index (χ4v) is 2.90. The SMILES string of the molecule is CCN(CC)C(CNC(=O)c1nccnc1N)c1ccccc1Cl. The van der Waals surface area contributed by atoms with E-state index < -0.39 is 0 Å². The van der Waals surface area contributed by atoms with Crippen molar-refractivity contribution in [2.45, 2.75) is 19.9 Å². The highest BCUT2D eigenvalue weighted by molar-refractivity contribution is 6.31. The molecule has 3 N–H and O–H groups in total. The van der Waals surface area contributed by atoms with Crippen LogP contribution in [0.15, 0.2) is 36.7 Å². The molecule has 0 aliphatic rings. The van der Waals surface area contributed by atoms with Gasteiger partial charge in [-0.3, -0.25) is 9.69 Å². The van der Waals surface area contributed by atoms with Gasteiger partial charge in [-0.1, -0.05) is 43.6 Å². The van der Waals surface area contributed by atoms with Crippen LogP contribution in [-0.4, -0.2) is 40.4 Å². The van der Waals surface area contributed by atoms with E-state index in [1.807, 2.05) is 24.3 Å². The Morgan fingerprint density at radius 3 is 2.54 bits per heavy atom. The van der Waals surface area contributed by atoms with E-state index in [2.05, 4.69) is 34.0 Å². The van der Waals surface area contributed by atoms with Crippen LogP contribution >= 0.6 is 11.6 Å². The molecule has 0 saturated heterocycles. The van der Waals surface area contributed by atoms with Gasteiger partial charge >= 0.3 is 0 Å². The van der Waals surface area contributed by atoms with E-state index in [4.69, 9.17) is 17.3 Å². The molecule has 24 heavy (non-hydrogen) atoms. The lowest BCUT2D eigenvalue weighted by Crippen LogP contribution is -2.38. The average Bonchev–Trinajstić information content (AvgIpc) is 2.59. The number of nitrogens with one attached hydrogen (secondary N) is 1. The Balaban J connectivity index is 2.19. The minimum absolute atomic E-state index is 0.0319. The highest BCUT2D eigenvalue weighted by atomic mass is 35.5. The van der Waals surface area contributed by atoms with Crippen LogP contribution in [0.5, 0.6) is 0 Å². The summed E-state index contributed by atoms with van der Waals surface area (Å²) in [6, 6.07) is 7.64. The number of carbonyl (C=O) groups is 1. The van der Waals surface area contributed by atoms with E-state index in [1.165, 1.54) is 12.4 Å². The maximum absolute atomic E-state index is 12.3. The molecular formula is C17H22ClN5O. The third-order valence-electron chi connectivity index (χ3n) is 3.91. The molecule has 0 aliphatic heterocycles. The summed E-state index contributed by atoms with van der Waals surface area (Å²) in [5.74, 6) is -0.225. The van der Waals surface area contributed by atoms with Crippen molar-refractivity contribution in [3.05, 3.63) is 52.9 Å². The van der Waals surface area contributed by atoms with Gasteiger partial charge in [0, 0.05) is 24.0 Å². The summed E-state index contributed by atoms with van der Waals surface area (Å²) in [6.07, 6.45) is 2.90. The van der Waals surface area contributed by atoms with Gasteiger partial charge in [0.25, 0.3) is 5.91 Å². The molecule has 0 radical (unpaired) electrons. The Hall–Kier alpha value is -2.18. The highest BCUT2D eigenvalue weighted by Gasteiger charge is 2.22. The number of halogens is 1. The summed E-state index contributed by atoms with van der Waals surface area (Å²) in [4.78, 5) is 22.5. The van der Waals surface area contributed by atoms with E-state index in [0.29, 0.717) is 11.6 Å². The molecule has 1 atom stereocenters. The Bertz CT molecular complexity index is 690. The zero-order valence-corrected chi connectivity index (χ0v) is 14.6. The molecule has 0 aliphatic carbocycles. The number of nitrogens with two attached hydrogens (primary N) is 1. The number of rotatable bonds is 7. The van der Waals surface area contributed by atoms with E-state index in [1.54, 1.807) is 0 Å². The number of benzene rings is 1. The molecule has 0 spiro atoms. The van der Waals surface area contributed by atoms with Crippen LogP contribution in [-0.2, 0) is 0 Å². The van der Waals surface area contributed by atoms with E-state index in [-0.39, 0.29) is 23.5 Å². The molecule has 2 aromatic rings. The van der Waals surface area contributed by atoms with Crippen molar-refractivity contribution in [1.82, 2.24) is 20.2 Å². The summed E-state index contributed by atoms with van der Waals surface area (Å²) in [5, 5.41) is 3.58. The molecule has 1 aromatic heterocycles. The molecule has 0 fully saturated rings. The molecule has 1 aromatic carbocycles. The predicted octanol–water partition coefficient (Wildman–Crippen LogP) is 2.53. The lowest BCUT2D eigenvalue weighted by molar-refractivity contribution is 0.0930. The van der Waals surface area contributed by atoms with Crippen molar-refractivity contribution in [1.29, 1.82) is 0 Å². The fraction of sp³-hybridized carbons (Fsp3) is 0.353. The van der Waals surface area contributed by atoms with Crippen molar-refractivity contribution in [3.8, 4) is 0 Å². The summed E-state index contributed by atoms with van der Waals surface area (Å²) in [6.45, 7) is 6.25. The second kappa shape index (κ2) is 8.61. The van der Waals surface area contributed by atoms with Crippen molar-refractivity contribution in [2.24, 2.45) is 0 Å². The maximum atomic E-state index is 12.3. The largest absolute Gasteiger partial charge is 0.382 e. The Kier molecular flexibility index (Phi) is 6.52. The first-order valence-electron chi connectivity index (χ1n) is 7.91. The van der Waals surface area contributed by atoms with Crippen LogP contribution < -0.4 is 11.1 Å². The Morgan fingerprint density at radius 1 is 1.25 bits per heavy atom. The molecule has 0 saturated carbocycles. The molecule has 1 heterocycles. The molecule has 2 rings (SSSR count). The lowest BCUT2D eigenvalue weighted by Gasteiger charge is -2.30. The second-order valence-corrected chi connectivity index (χ2v) is 5.67. The Morgan fingerprint density at radius 2 is 1.92 bits per heavy atom. The molecule has 128 valence electrons. The average molecular weight is 348 g/mol. The fourth-order valence-electron chi connectivity index (χ4n) is 2.64. The highest BCUT2D eigenvalue weighted by Crippen LogP contribution is 2.27. The van der Waals surface area contributed by atoms with Crippen LogP contribution in [0.25, 0.3) is 0 Å². The van der Waals surface area contributed by atoms with E-state index in [0.717, 1.165) is 18.7 Å². The zero-order chi connectivity index (χ0) is 17.5. The van der Waals surface area contributed by atoms with Crippen molar-refractivity contribution < 1.29 is 4.79 Å². The number of nitrogens with zero attached hydrogens (tertiary/aromatic N) is 3. The van der Waals surface area contributed by atoms with Gasteiger partial charge in [-0.2, -0.15) is 0 Å². The standard InChI is InChI=1S/C17H22ClN5O/c1-3-23(4-2)14(12-7-5-6-8-13(12)18)11-22-17(24)15-16(19)21-10-9-20-15/h5-10,14H,3-4,11H2,1-2H3,(H2,19,21)(H,22,24). The van der Waals surface area contributed by atoms with Crippen LogP contribution in [0.2, 0.25) is 5.02 Å². The lowest BCUT2D eigenvalue weighted by atomic mass is 10.0. The van der Waals surface area contributed by atoms with Gasteiger partial charge in [-0.15, -0.1) is 0 Å². The molecule has 0 bridgehead atoms. The van der Waals surface area contributed by atoms with Crippen molar-refractivity contribution >= 4 is 23.3 Å².